The Kier molecular flexibility index (Phi) is 7.59. The quantitative estimate of drug-likeness (QED) is 0.108. The molecule has 1 aromatic heterocycles. The Bertz CT molecular complexity index is 895. The zero-order valence-corrected chi connectivity index (χ0v) is 19.2. The standard InChI is InChI=1S/C11H23N5O14P3/c1-15-3-16(8-5(15)9(19)14-11(12)13-8)10-7(18)6(17)4(28-10)2-27-32(23,24)30-33(25,26)29-31(20,21)22/h3-4,6-7,10-11,17-18,20-26H,2,12H2,1H3,(H-,13,14,19)/q+3/p+1/t4-,6-,7-,10-,11?/m1/s1. The van der Waals surface area contributed by atoms with Crippen LogP contribution in [-0.2, 0) is 24.9 Å². The molecule has 3 heterocycles. The largest absolute Gasteiger partial charge is 0.667 e. The maximum atomic E-state index is 12.2. The van der Waals surface area contributed by atoms with Crippen LogP contribution >= 0.6 is 24.5 Å². The van der Waals surface area contributed by atoms with Gasteiger partial charge in [0.15, 0.2) is 12.6 Å². The van der Waals surface area contributed by atoms with Crippen molar-refractivity contribution in [2.24, 2.45) is 12.8 Å². The second kappa shape index (κ2) is 9.34. The minimum absolute atomic E-state index is 0.146. The van der Waals surface area contributed by atoms with Crippen LogP contribution in [0.15, 0.2) is 6.33 Å². The lowest BCUT2D eigenvalue weighted by Crippen LogP contribution is -2.55. The summed E-state index contributed by atoms with van der Waals surface area (Å²) in [6.45, 7) is -0.879. The van der Waals surface area contributed by atoms with Gasteiger partial charge in [-0.25, -0.2) is 4.57 Å². The summed E-state index contributed by atoms with van der Waals surface area (Å²) in [5.74, 6) is -0.350. The van der Waals surface area contributed by atoms with Crippen molar-refractivity contribution in [2.75, 3.05) is 11.9 Å². The molecule has 188 valence electrons. The number of carbonyl (C=O) groups excluding carboxylic acids is 1. The molecule has 13 N–H and O–H groups in total. The van der Waals surface area contributed by atoms with Crippen molar-refractivity contribution in [3.05, 3.63) is 12.0 Å². The third kappa shape index (κ3) is 6.26. The molecule has 1 amide bonds. The number of ether oxygens (including phenoxy) is 1. The van der Waals surface area contributed by atoms with Crippen LogP contribution in [0.2, 0.25) is 0 Å². The Morgan fingerprint density at radius 3 is 2.33 bits per heavy atom. The average Bonchev–Trinajstić information content (AvgIpc) is 3.07. The summed E-state index contributed by atoms with van der Waals surface area (Å²) in [7, 11) is -14.2. The Morgan fingerprint density at radius 1 is 1.09 bits per heavy atom. The van der Waals surface area contributed by atoms with Crippen LogP contribution in [0.25, 0.3) is 0 Å². The number of carbonyl (C=O) groups is 1. The molecule has 0 aliphatic carbocycles. The van der Waals surface area contributed by atoms with E-state index in [0.29, 0.717) is 0 Å². The van der Waals surface area contributed by atoms with Crippen molar-refractivity contribution >= 4 is 36.2 Å². The van der Waals surface area contributed by atoms with Crippen molar-refractivity contribution in [1.29, 1.82) is 0 Å². The molecule has 0 radical (unpaired) electrons. The molecule has 19 nitrogen and oxygen atoms in total. The fourth-order valence-corrected chi connectivity index (χ4v) is 6.34. The van der Waals surface area contributed by atoms with E-state index in [4.69, 9.17) is 25.2 Å². The predicted molar refractivity (Wildman–Crippen MR) is 105 cm³/mol. The van der Waals surface area contributed by atoms with E-state index in [1.807, 2.05) is 0 Å². The second-order valence-corrected chi connectivity index (χ2v) is 11.5. The first-order valence-electron chi connectivity index (χ1n) is 8.78. The lowest BCUT2D eigenvalue weighted by Gasteiger charge is -2.20. The van der Waals surface area contributed by atoms with Gasteiger partial charge < -0.3 is 20.3 Å². The van der Waals surface area contributed by atoms with E-state index in [1.54, 1.807) is 0 Å². The van der Waals surface area contributed by atoms with E-state index in [2.05, 4.69) is 23.8 Å². The molecule has 0 saturated carbocycles. The highest BCUT2D eigenvalue weighted by molar-refractivity contribution is 7.73. The van der Waals surface area contributed by atoms with Crippen LogP contribution in [0, 0.1) is 0 Å². The van der Waals surface area contributed by atoms with E-state index in [9.17, 15) is 34.6 Å². The first-order chi connectivity index (χ1) is 15.0. The van der Waals surface area contributed by atoms with E-state index < -0.39 is 67.9 Å². The zero-order valence-electron chi connectivity index (χ0n) is 16.6. The number of hydrogen-bond acceptors (Lipinski definition) is 16. The van der Waals surface area contributed by atoms with Crippen molar-refractivity contribution in [2.45, 2.75) is 30.8 Å². The Hall–Kier alpha value is -0.790. The number of aliphatic hydroxyl groups is 2. The molecule has 1 saturated heterocycles. The molecule has 22 heteroatoms. The molecule has 1 unspecified atom stereocenters. The number of nitrogens with one attached hydrogen (secondary N) is 2. The summed E-state index contributed by atoms with van der Waals surface area (Å²) in [6, 6.07) is 0. The van der Waals surface area contributed by atoms with Gasteiger partial charge in [-0.05, 0) is 0 Å². The summed E-state index contributed by atoms with van der Waals surface area (Å²) in [4.78, 5) is 76.3. The van der Waals surface area contributed by atoms with Gasteiger partial charge in [0.1, 0.15) is 24.9 Å². The number of imidazole rings is 1. The first-order valence-corrected chi connectivity index (χ1v) is 13.4. The predicted octanol–water partition coefficient (Wildman–Crippen LogP) is -4.64. The van der Waals surface area contributed by atoms with Gasteiger partial charge in [0.25, 0.3) is 11.7 Å². The lowest BCUT2D eigenvalue weighted by atomic mass is 10.1. The molecule has 0 bridgehead atoms. The number of hydrogen-bond donors (Lipinski definition) is 12. The molecule has 1 aromatic rings. The molecule has 33 heavy (non-hydrogen) atoms. The highest BCUT2D eigenvalue weighted by Crippen LogP contribution is 2.75. The lowest BCUT2D eigenvalue weighted by molar-refractivity contribution is -0.753. The number of anilines is 1. The van der Waals surface area contributed by atoms with Gasteiger partial charge in [-0.15, -0.1) is 4.52 Å². The number of aryl methyl sites for hydroxylation is 1. The van der Waals surface area contributed by atoms with Gasteiger partial charge in [0.2, 0.25) is 11.9 Å². The maximum absolute atomic E-state index is 12.2. The van der Waals surface area contributed by atoms with Crippen molar-refractivity contribution < 1.29 is 71.7 Å². The third-order valence-electron chi connectivity index (χ3n) is 4.37. The molecule has 1 fully saturated rings. The van der Waals surface area contributed by atoms with Gasteiger partial charge >= 0.3 is 24.5 Å². The minimum Gasteiger partial charge on any atom is -0.387 e. The van der Waals surface area contributed by atoms with E-state index in [-0.39, 0.29) is 11.5 Å². The molecular weight excluding hydrogens is 519 g/mol. The highest BCUT2D eigenvalue weighted by atomic mass is 31.3. The van der Waals surface area contributed by atoms with Gasteiger partial charge in [-0.1, -0.05) is 0 Å². The summed E-state index contributed by atoms with van der Waals surface area (Å²) in [5, 5.41) is 25.9. The topological polar surface area (TPSA) is 295 Å². The average molecular weight is 543 g/mol. The summed E-state index contributed by atoms with van der Waals surface area (Å²) >= 11 is 0. The monoisotopic (exact) mass is 543 g/mol. The van der Waals surface area contributed by atoms with Crippen LogP contribution in [0.4, 0.5) is 5.82 Å². The number of nitrogens with zero attached hydrogens (tertiary/aromatic N) is 2. The number of amides is 1. The summed E-state index contributed by atoms with van der Waals surface area (Å²) < 4.78 is 20.5. The fourth-order valence-electron chi connectivity index (χ4n) is 3.17. The van der Waals surface area contributed by atoms with Crippen LogP contribution in [0.3, 0.4) is 0 Å². The number of aliphatic hydroxyl groups excluding tert-OH is 2. The highest BCUT2D eigenvalue weighted by Gasteiger charge is 2.69. The van der Waals surface area contributed by atoms with Crippen LogP contribution in [0.5, 0.6) is 0 Å². The van der Waals surface area contributed by atoms with Crippen LogP contribution in [0.1, 0.15) is 16.7 Å². The second-order valence-electron chi connectivity index (χ2n) is 6.93. The van der Waals surface area contributed by atoms with E-state index in [0.717, 1.165) is 0 Å². The number of rotatable bonds is 8. The van der Waals surface area contributed by atoms with E-state index in [1.165, 1.54) is 22.5 Å². The van der Waals surface area contributed by atoms with E-state index >= 15 is 0 Å². The smallest absolute Gasteiger partial charge is 0.387 e. The summed E-state index contributed by atoms with van der Waals surface area (Å²) in [6.07, 6.45) is -5.55. The molecule has 3 rings (SSSR count). The van der Waals surface area contributed by atoms with Crippen molar-refractivity contribution in [1.82, 2.24) is 9.88 Å². The van der Waals surface area contributed by atoms with Crippen molar-refractivity contribution in [3.63, 3.8) is 0 Å². The zero-order chi connectivity index (χ0) is 24.9. The summed E-state index contributed by atoms with van der Waals surface area (Å²) in [5.41, 5.74) is 5.84. The molecular formula is C11H24N5O14P3+4. The van der Waals surface area contributed by atoms with Gasteiger partial charge in [-0.2, -0.15) is 34.3 Å². The Labute approximate surface area is 186 Å². The third-order valence-corrected chi connectivity index (χ3v) is 8.29. The van der Waals surface area contributed by atoms with Gasteiger partial charge in [0.05, 0.1) is 15.7 Å². The van der Waals surface area contributed by atoms with Gasteiger partial charge in [0, 0.05) is 0 Å². The Morgan fingerprint density at radius 2 is 1.73 bits per heavy atom. The SMILES string of the molecule is Cn1c[n+]([C@@H]2O[C@H](CO[P+](O)(O)O[P+](O)(O)O[P+](O)(O)O)[C@@H](O)[C@H]2O)c2c1C(=O)NC(N)N2. The molecule has 0 aromatic carbocycles. The first kappa shape index (κ1) is 26.8. The van der Waals surface area contributed by atoms with Crippen LogP contribution in [-0.4, -0.2) is 86.1 Å². The molecule has 5 atom stereocenters. The minimum atomic E-state index is -5.35. The van der Waals surface area contributed by atoms with Gasteiger partial charge in [-0.3, -0.25) is 20.4 Å². The number of aromatic nitrogens is 2. The fraction of sp³-hybridized carbons (Fsp3) is 0.636. The molecule has 2 aliphatic heterocycles. The number of fused-ring (bicyclic) bond motifs is 1. The molecule has 2 aliphatic rings. The number of nitrogens with two attached hydrogens (primary N) is 1. The normalized spacial score (nSPS) is 28.5. The molecule has 0 spiro atoms. The van der Waals surface area contributed by atoms with Crippen LogP contribution < -0.4 is 20.9 Å². The maximum Gasteiger partial charge on any atom is 0.667 e. The Balaban J connectivity index is 1.70. The van der Waals surface area contributed by atoms with Crippen molar-refractivity contribution in [3.8, 4) is 0 Å².